The van der Waals surface area contributed by atoms with Gasteiger partial charge in [0.15, 0.2) is 11.7 Å². The maximum absolute atomic E-state index is 13.8. The highest BCUT2D eigenvalue weighted by atomic mass is 32.1. The Kier molecular flexibility index (Phi) is 4.94. The van der Waals surface area contributed by atoms with Gasteiger partial charge < -0.3 is 14.5 Å². The lowest BCUT2D eigenvalue weighted by molar-refractivity contribution is -0.133. The number of amides is 1. The molecule has 1 aromatic heterocycles. The normalized spacial score (nSPS) is 14.6. The number of aryl methyl sites for hydroxylation is 1. The van der Waals surface area contributed by atoms with Crippen LogP contribution in [-0.4, -0.2) is 48.6 Å². The quantitative estimate of drug-likeness (QED) is 0.690. The van der Waals surface area contributed by atoms with E-state index in [4.69, 9.17) is 4.74 Å². The standard InChI is InChI=1S/C20H20FN3O2S/c1-14-5-2-3-7-16(14)26-13-18(25)23-9-11-24(12-10-23)20-22-19-15(21)6-4-8-17(19)27-20/h2-8H,9-13H2,1H3. The highest BCUT2D eigenvalue weighted by Gasteiger charge is 2.23. The van der Waals surface area contributed by atoms with E-state index in [0.717, 1.165) is 21.1 Å². The molecule has 0 saturated carbocycles. The van der Waals surface area contributed by atoms with Gasteiger partial charge >= 0.3 is 0 Å². The molecule has 2 heterocycles. The van der Waals surface area contributed by atoms with Crippen molar-refractivity contribution in [2.45, 2.75) is 6.92 Å². The first-order chi connectivity index (χ1) is 13.1. The van der Waals surface area contributed by atoms with E-state index in [2.05, 4.69) is 9.88 Å². The van der Waals surface area contributed by atoms with Crippen LogP contribution in [-0.2, 0) is 4.79 Å². The van der Waals surface area contributed by atoms with Gasteiger partial charge in [-0.15, -0.1) is 0 Å². The monoisotopic (exact) mass is 385 g/mol. The highest BCUT2D eigenvalue weighted by molar-refractivity contribution is 7.22. The number of hydrogen-bond donors (Lipinski definition) is 0. The van der Waals surface area contributed by atoms with Crippen LogP contribution in [0.25, 0.3) is 10.2 Å². The van der Waals surface area contributed by atoms with E-state index < -0.39 is 0 Å². The number of benzene rings is 2. The summed E-state index contributed by atoms with van der Waals surface area (Å²) in [5.74, 6) is 0.423. The molecule has 0 N–H and O–H groups in total. The lowest BCUT2D eigenvalue weighted by atomic mass is 10.2. The van der Waals surface area contributed by atoms with Gasteiger partial charge in [-0.2, -0.15) is 0 Å². The summed E-state index contributed by atoms with van der Waals surface area (Å²) in [4.78, 5) is 20.8. The van der Waals surface area contributed by atoms with E-state index in [1.807, 2.05) is 42.2 Å². The molecule has 2 aromatic carbocycles. The molecule has 4 rings (SSSR count). The second-order valence-electron chi connectivity index (χ2n) is 6.51. The van der Waals surface area contributed by atoms with Gasteiger partial charge in [-0.05, 0) is 30.7 Å². The molecular formula is C20H20FN3O2S. The highest BCUT2D eigenvalue weighted by Crippen LogP contribution is 2.30. The molecule has 0 aliphatic carbocycles. The van der Waals surface area contributed by atoms with Crippen molar-refractivity contribution in [2.24, 2.45) is 0 Å². The van der Waals surface area contributed by atoms with Crippen molar-refractivity contribution >= 4 is 32.6 Å². The SMILES string of the molecule is Cc1ccccc1OCC(=O)N1CCN(c2nc3c(F)cccc3s2)CC1. The number of nitrogens with zero attached hydrogens (tertiary/aromatic N) is 3. The number of hydrogen-bond acceptors (Lipinski definition) is 5. The first-order valence-corrected chi connectivity index (χ1v) is 9.69. The van der Waals surface area contributed by atoms with Gasteiger partial charge in [0.1, 0.15) is 17.1 Å². The summed E-state index contributed by atoms with van der Waals surface area (Å²) in [6.07, 6.45) is 0. The molecule has 1 fully saturated rings. The molecule has 0 bridgehead atoms. The van der Waals surface area contributed by atoms with Gasteiger partial charge in [0, 0.05) is 26.2 Å². The van der Waals surface area contributed by atoms with Gasteiger partial charge in [0.05, 0.1) is 4.70 Å². The van der Waals surface area contributed by atoms with Gasteiger partial charge in [0.2, 0.25) is 0 Å². The van der Waals surface area contributed by atoms with Crippen molar-refractivity contribution in [3.05, 3.63) is 53.8 Å². The Morgan fingerprint density at radius 3 is 2.67 bits per heavy atom. The summed E-state index contributed by atoms with van der Waals surface area (Å²) >= 11 is 1.48. The lowest BCUT2D eigenvalue weighted by Gasteiger charge is -2.34. The van der Waals surface area contributed by atoms with Gasteiger partial charge in [-0.25, -0.2) is 9.37 Å². The van der Waals surface area contributed by atoms with Crippen LogP contribution in [0.15, 0.2) is 42.5 Å². The molecule has 1 amide bonds. The number of piperazine rings is 1. The lowest BCUT2D eigenvalue weighted by Crippen LogP contribution is -2.50. The molecular weight excluding hydrogens is 365 g/mol. The van der Waals surface area contributed by atoms with Gasteiger partial charge in [-0.1, -0.05) is 35.6 Å². The average molecular weight is 385 g/mol. The second-order valence-corrected chi connectivity index (χ2v) is 7.51. The maximum Gasteiger partial charge on any atom is 0.260 e. The Morgan fingerprint density at radius 1 is 1.15 bits per heavy atom. The van der Waals surface area contributed by atoms with E-state index in [9.17, 15) is 9.18 Å². The van der Waals surface area contributed by atoms with Crippen LogP contribution >= 0.6 is 11.3 Å². The predicted molar refractivity (Wildman–Crippen MR) is 105 cm³/mol. The third-order valence-corrected chi connectivity index (χ3v) is 5.79. The Balaban J connectivity index is 1.34. The predicted octanol–water partition coefficient (Wildman–Crippen LogP) is 3.47. The minimum absolute atomic E-state index is 0.0201. The number of ether oxygens (including phenoxy) is 1. The largest absolute Gasteiger partial charge is 0.484 e. The number of rotatable bonds is 4. The van der Waals surface area contributed by atoms with Crippen molar-refractivity contribution in [1.82, 2.24) is 9.88 Å². The number of anilines is 1. The fourth-order valence-electron chi connectivity index (χ4n) is 3.13. The summed E-state index contributed by atoms with van der Waals surface area (Å²) in [6.45, 7) is 4.56. The Morgan fingerprint density at radius 2 is 1.93 bits per heavy atom. The van der Waals surface area contributed by atoms with E-state index in [-0.39, 0.29) is 18.3 Å². The van der Waals surface area contributed by atoms with Crippen LogP contribution in [0, 0.1) is 12.7 Å². The molecule has 0 radical (unpaired) electrons. The number of aromatic nitrogens is 1. The van der Waals surface area contributed by atoms with Crippen LogP contribution < -0.4 is 9.64 Å². The van der Waals surface area contributed by atoms with E-state index in [1.165, 1.54) is 17.4 Å². The fourth-order valence-corrected chi connectivity index (χ4v) is 4.17. The van der Waals surface area contributed by atoms with Gasteiger partial charge in [0.25, 0.3) is 5.91 Å². The summed E-state index contributed by atoms with van der Waals surface area (Å²) in [7, 11) is 0. The zero-order valence-electron chi connectivity index (χ0n) is 15.0. The van der Waals surface area contributed by atoms with Gasteiger partial charge in [-0.3, -0.25) is 4.79 Å². The third kappa shape index (κ3) is 3.73. The summed E-state index contributed by atoms with van der Waals surface area (Å²) in [5, 5.41) is 0.804. The zero-order valence-corrected chi connectivity index (χ0v) is 15.8. The number of carbonyl (C=O) groups is 1. The summed E-state index contributed by atoms with van der Waals surface area (Å²) in [5.41, 5.74) is 1.43. The summed E-state index contributed by atoms with van der Waals surface area (Å²) in [6, 6.07) is 12.7. The van der Waals surface area contributed by atoms with Crippen molar-refractivity contribution in [3.63, 3.8) is 0 Å². The van der Waals surface area contributed by atoms with Crippen LogP contribution in [0.1, 0.15) is 5.56 Å². The Labute approximate surface area is 161 Å². The molecule has 140 valence electrons. The first-order valence-electron chi connectivity index (χ1n) is 8.88. The molecule has 27 heavy (non-hydrogen) atoms. The number of para-hydroxylation sites is 2. The molecule has 0 atom stereocenters. The average Bonchev–Trinajstić information content (AvgIpc) is 3.13. The first kappa shape index (κ1) is 17.7. The fraction of sp³-hybridized carbons (Fsp3) is 0.300. The zero-order chi connectivity index (χ0) is 18.8. The minimum Gasteiger partial charge on any atom is -0.484 e. The van der Waals surface area contributed by atoms with Crippen LogP contribution in [0.4, 0.5) is 9.52 Å². The Bertz CT molecular complexity index is 967. The van der Waals surface area contributed by atoms with E-state index >= 15 is 0 Å². The maximum atomic E-state index is 13.8. The van der Waals surface area contributed by atoms with E-state index in [0.29, 0.717) is 31.7 Å². The number of carbonyl (C=O) groups excluding carboxylic acids is 1. The van der Waals surface area contributed by atoms with Crippen molar-refractivity contribution < 1.29 is 13.9 Å². The second kappa shape index (κ2) is 7.52. The molecule has 1 aliphatic heterocycles. The number of thiazole rings is 1. The third-order valence-electron chi connectivity index (χ3n) is 4.71. The Hall–Kier alpha value is -2.67. The molecule has 3 aromatic rings. The van der Waals surface area contributed by atoms with Crippen molar-refractivity contribution in [2.75, 3.05) is 37.7 Å². The van der Waals surface area contributed by atoms with E-state index in [1.54, 1.807) is 6.07 Å². The van der Waals surface area contributed by atoms with Crippen molar-refractivity contribution in [1.29, 1.82) is 0 Å². The van der Waals surface area contributed by atoms with Crippen LogP contribution in [0.5, 0.6) is 5.75 Å². The van der Waals surface area contributed by atoms with Crippen LogP contribution in [0.3, 0.4) is 0 Å². The summed E-state index contributed by atoms with van der Waals surface area (Å²) < 4.78 is 20.3. The molecule has 0 unspecified atom stereocenters. The topological polar surface area (TPSA) is 45.7 Å². The van der Waals surface area contributed by atoms with Crippen molar-refractivity contribution in [3.8, 4) is 5.75 Å². The minimum atomic E-state index is -0.294. The number of halogens is 1. The number of fused-ring (bicyclic) bond motifs is 1. The molecule has 1 saturated heterocycles. The molecule has 7 heteroatoms. The molecule has 5 nitrogen and oxygen atoms in total. The molecule has 0 spiro atoms. The molecule has 1 aliphatic rings. The smallest absolute Gasteiger partial charge is 0.260 e. The van der Waals surface area contributed by atoms with Crippen LogP contribution in [0.2, 0.25) is 0 Å².